The van der Waals surface area contributed by atoms with Gasteiger partial charge in [0.25, 0.3) is 5.91 Å². The van der Waals surface area contributed by atoms with Gasteiger partial charge in [-0.25, -0.2) is 0 Å². The lowest BCUT2D eigenvalue weighted by Gasteiger charge is -2.20. The minimum atomic E-state index is -0.472. The smallest absolute Gasteiger partial charge is 0.283 e. The molecule has 0 unspecified atom stereocenters. The molecule has 34 heavy (non-hydrogen) atoms. The van der Waals surface area contributed by atoms with Crippen LogP contribution in [0.1, 0.15) is 19.4 Å². The highest BCUT2D eigenvalue weighted by molar-refractivity contribution is 8.26. The van der Waals surface area contributed by atoms with Gasteiger partial charge in [0.05, 0.1) is 24.3 Å². The van der Waals surface area contributed by atoms with Crippen LogP contribution in [0, 0.1) is 5.41 Å². The molecular formula is C24H24N4O5S. The number of carbonyl (C=O) groups excluding carboxylic acids is 1. The molecule has 0 atom stereocenters. The second-order valence-corrected chi connectivity index (χ2v) is 8.29. The standard InChI is InChI=1S/C24H24N4O5S/c1-4-31-21-14-16(13-17-22(25)28-24(26-23(17)29)34-15(2)27-28)9-10-20(21)33-12-11-32-19-8-6-5-7-18(19)30-3/h5-10,13-14,25H,4,11-12H2,1-3H3. The highest BCUT2D eigenvalue weighted by Crippen LogP contribution is 2.32. The van der Waals surface area contributed by atoms with E-state index in [0.29, 0.717) is 53.5 Å². The highest BCUT2D eigenvalue weighted by atomic mass is 32.2. The predicted octanol–water partition coefficient (Wildman–Crippen LogP) is 4.19. The van der Waals surface area contributed by atoms with Crippen LogP contribution in [0.5, 0.6) is 23.0 Å². The minimum Gasteiger partial charge on any atom is -0.493 e. The molecule has 0 aliphatic carbocycles. The number of benzene rings is 2. The van der Waals surface area contributed by atoms with Crippen molar-refractivity contribution in [1.29, 1.82) is 5.41 Å². The Bertz CT molecular complexity index is 1210. The molecule has 4 rings (SSSR count). The van der Waals surface area contributed by atoms with Crippen molar-refractivity contribution >= 4 is 39.8 Å². The first-order chi connectivity index (χ1) is 16.5. The lowest BCUT2D eigenvalue weighted by atomic mass is 10.1. The van der Waals surface area contributed by atoms with Crippen molar-refractivity contribution in [2.75, 3.05) is 26.9 Å². The molecule has 1 amide bonds. The van der Waals surface area contributed by atoms with Gasteiger partial charge in [-0.3, -0.25) is 10.2 Å². The number of carbonyl (C=O) groups is 1. The zero-order chi connectivity index (χ0) is 24.1. The van der Waals surface area contributed by atoms with Gasteiger partial charge in [-0.05, 0) is 61.5 Å². The molecule has 176 valence electrons. The quantitative estimate of drug-likeness (QED) is 0.424. The number of amidine groups is 2. The summed E-state index contributed by atoms with van der Waals surface area (Å²) in [4.78, 5) is 16.6. The van der Waals surface area contributed by atoms with E-state index >= 15 is 0 Å². The number of nitrogens with zero attached hydrogens (tertiary/aromatic N) is 3. The summed E-state index contributed by atoms with van der Waals surface area (Å²) in [5.41, 5.74) is 0.837. The number of fused-ring (bicyclic) bond motifs is 1. The zero-order valence-electron chi connectivity index (χ0n) is 19.0. The van der Waals surface area contributed by atoms with Crippen LogP contribution in [-0.4, -0.2) is 53.9 Å². The molecule has 0 bridgehead atoms. The minimum absolute atomic E-state index is 0.00822. The number of nitrogens with one attached hydrogen (secondary N) is 1. The lowest BCUT2D eigenvalue weighted by Crippen LogP contribution is -2.35. The van der Waals surface area contributed by atoms with Gasteiger partial charge >= 0.3 is 0 Å². The predicted molar refractivity (Wildman–Crippen MR) is 132 cm³/mol. The van der Waals surface area contributed by atoms with Crippen molar-refractivity contribution in [2.45, 2.75) is 13.8 Å². The first-order valence-electron chi connectivity index (χ1n) is 10.6. The maximum atomic E-state index is 12.5. The third-order valence-corrected chi connectivity index (χ3v) is 5.63. The zero-order valence-corrected chi connectivity index (χ0v) is 19.8. The van der Waals surface area contributed by atoms with E-state index in [1.165, 1.54) is 16.8 Å². The molecule has 0 fully saturated rings. The van der Waals surface area contributed by atoms with Gasteiger partial charge < -0.3 is 18.9 Å². The number of aliphatic imine (C=N–C) groups is 1. The van der Waals surface area contributed by atoms with E-state index in [0.717, 1.165) is 5.04 Å². The number of ether oxygens (including phenoxy) is 4. The average Bonchev–Trinajstić information content (AvgIpc) is 3.21. The van der Waals surface area contributed by atoms with Gasteiger partial charge in [-0.2, -0.15) is 15.1 Å². The molecule has 0 saturated heterocycles. The summed E-state index contributed by atoms with van der Waals surface area (Å²) in [6.07, 6.45) is 1.61. The Hall–Kier alpha value is -3.79. The molecule has 0 saturated carbocycles. The number of hydrogen-bond donors (Lipinski definition) is 1. The molecule has 2 heterocycles. The fourth-order valence-corrected chi connectivity index (χ4v) is 4.03. The summed E-state index contributed by atoms with van der Waals surface area (Å²) >= 11 is 1.27. The normalized spacial score (nSPS) is 16.2. The van der Waals surface area contributed by atoms with Crippen LogP contribution in [0.25, 0.3) is 6.08 Å². The van der Waals surface area contributed by atoms with E-state index in [-0.39, 0.29) is 11.4 Å². The molecule has 2 aliphatic heterocycles. The Morgan fingerprint density at radius 1 is 1.03 bits per heavy atom. The van der Waals surface area contributed by atoms with E-state index in [4.69, 9.17) is 24.4 Å². The highest BCUT2D eigenvalue weighted by Gasteiger charge is 2.34. The van der Waals surface area contributed by atoms with Gasteiger partial charge in [-0.15, -0.1) is 0 Å². The van der Waals surface area contributed by atoms with E-state index in [9.17, 15) is 4.79 Å². The molecule has 2 aromatic carbocycles. The van der Waals surface area contributed by atoms with Gasteiger partial charge in [0, 0.05) is 0 Å². The van der Waals surface area contributed by atoms with E-state index in [1.54, 1.807) is 38.3 Å². The Balaban J connectivity index is 1.46. The Morgan fingerprint density at radius 3 is 2.44 bits per heavy atom. The van der Waals surface area contributed by atoms with Crippen LogP contribution >= 0.6 is 11.8 Å². The number of rotatable bonds is 9. The van der Waals surface area contributed by atoms with Crippen LogP contribution in [0.3, 0.4) is 0 Å². The first-order valence-corrected chi connectivity index (χ1v) is 11.4. The summed E-state index contributed by atoms with van der Waals surface area (Å²) in [5.74, 6) is 1.89. The first kappa shape index (κ1) is 23.4. The van der Waals surface area contributed by atoms with Crippen molar-refractivity contribution in [3.8, 4) is 23.0 Å². The van der Waals surface area contributed by atoms with Gasteiger partial charge in [-0.1, -0.05) is 18.2 Å². The summed E-state index contributed by atoms with van der Waals surface area (Å²) in [6.45, 7) is 4.74. The lowest BCUT2D eigenvalue weighted by molar-refractivity contribution is -0.114. The van der Waals surface area contributed by atoms with E-state index in [1.807, 2.05) is 31.2 Å². The Labute approximate surface area is 201 Å². The van der Waals surface area contributed by atoms with Crippen LogP contribution in [-0.2, 0) is 4.79 Å². The fourth-order valence-electron chi connectivity index (χ4n) is 3.30. The Morgan fingerprint density at radius 2 is 1.74 bits per heavy atom. The number of thioether (sulfide) groups is 1. The summed E-state index contributed by atoms with van der Waals surface area (Å²) in [5, 5.41) is 15.1. The fraction of sp³-hybridized carbons (Fsp3) is 0.250. The summed E-state index contributed by atoms with van der Waals surface area (Å²) in [6, 6.07) is 12.7. The van der Waals surface area contributed by atoms with Crippen molar-refractivity contribution in [3.05, 3.63) is 53.6 Å². The molecule has 9 nitrogen and oxygen atoms in total. The van der Waals surface area contributed by atoms with E-state index < -0.39 is 5.91 Å². The van der Waals surface area contributed by atoms with Crippen LogP contribution < -0.4 is 18.9 Å². The number of hydrazone groups is 1. The molecule has 2 aromatic rings. The largest absolute Gasteiger partial charge is 0.493 e. The molecule has 0 spiro atoms. The average molecular weight is 481 g/mol. The number of hydrogen-bond acceptors (Lipinski definition) is 8. The topological polar surface area (TPSA) is 106 Å². The van der Waals surface area contributed by atoms with Crippen LogP contribution in [0.2, 0.25) is 0 Å². The van der Waals surface area contributed by atoms with E-state index in [2.05, 4.69) is 10.1 Å². The number of methoxy groups -OCH3 is 1. The number of para-hydroxylation sites is 2. The molecule has 10 heteroatoms. The van der Waals surface area contributed by atoms with Crippen LogP contribution in [0.4, 0.5) is 0 Å². The summed E-state index contributed by atoms with van der Waals surface area (Å²) in [7, 11) is 1.59. The second-order valence-electron chi connectivity index (χ2n) is 7.13. The van der Waals surface area contributed by atoms with Crippen molar-refractivity contribution in [2.24, 2.45) is 10.1 Å². The molecule has 0 radical (unpaired) electrons. The SMILES string of the molecule is CCOc1cc(C=C2C(=N)N3N=C(C)SC3=NC2=O)ccc1OCCOc1ccccc1OC. The molecular weight excluding hydrogens is 456 g/mol. The molecule has 1 N–H and O–H groups in total. The third-order valence-electron chi connectivity index (χ3n) is 4.80. The van der Waals surface area contributed by atoms with Gasteiger partial charge in [0.2, 0.25) is 5.17 Å². The van der Waals surface area contributed by atoms with Crippen LogP contribution in [0.15, 0.2) is 58.1 Å². The van der Waals surface area contributed by atoms with Gasteiger partial charge in [0.1, 0.15) is 13.2 Å². The van der Waals surface area contributed by atoms with Gasteiger partial charge in [0.15, 0.2) is 28.8 Å². The third kappa shape index (κ3) is 5.07. The molecule has 2 aliphatic rings. The molecule has 0 aromatic heterocycles. The maximum Gasteiger partial charge on any atom is 0.283 e. The van der Waals surface area contributed by atoms with Crippen molar-refractivity contribution < 1.29 is 23.7 Å². The Kier molecular flexibility index (Phi) is 7.17. The second kappa shape index (κ2) is 10.4. The monoisotopic (exact) mass is 480 g/mol. The maximum absolute atomic E-state index is 12.5. The van der Waals surface area contributed by atoms with Crippen molar-refractivity contribution in [1.82, 2.24) is 5.01 Å². The summed E-state index contributed by atoms with van der Waals surface area (Å²) < 4.78 is 22.6. The number of amides is 1. The van der Waals surface area contributed by atoms with Crippen molar-refractivity contribution in [3.63, 3.8) is 0 Å².